The number of carbonyl (C=O) groups is 1. The molecule has 1 aliphatic carbocycles. The zero-order valence-electron chi connectivity index (χ0n) is 8.42. The van der Waals surface area contributed by atoms with Gasteiger partial charge in [-0.25, -0.2) is 12.7 Å². The SMILES string of the molecule is O=C1CCS(=O)(=O)N1C1CCC(O)CC1. The summed E-state index contributed by atoms with van der Waals surface area (Å²) in [6, 6.07) is -0.214. The van der Waals surface area contributed by atoms with Gasteiger partial charge in [-0.15, -0.1) is 0 Å². The van der Waals surface area contributed by atoms with Crippen LogP contribution in [0.4, 0.5) is 0 Å². The van der Waals surface area contributed by atoms with E-state index in [-0.39, 0.29) is 30.2 Å². The van der Waals surface area contributed by atoms with Crippen LogP contribution in [0.3, 0.4) is 0 Å². The van der Waals surface area contributed by atoms with Crippen LogP contribution in [0, 0.1) is 0 Å². The standard InChI is InChI=1S/C9H15NO4S/c11-8-3-1-7(2-4-8)10-9(12)5-6-15(10,13)14/h7-8,11H,1-6H2. The van der Waals surface area contributed by atoms with Gasteiger partial charge in [-0.2, -0.15) is 0 Å². The lowest BCUT2D eigenvalue weighted by Gasteiger charge is -2.31. The van der Waals surface area contributed by atoms with E-state index in [0.717, 1.165) is 4.31 Å². The number of hydrogen-bond acceptors (Lipinski definition) is 4. The van der Waals surface area contributed by atoms with Crippen molar-refractivity contribution in [3.05, 3.63) is 0 Å². The van der Waals surface area contributed by atoms with Gasteiger partial charge in [-0.05, 0) is 25.7 Å². The molecule has 2 rings (SSSR count). The van der Waals surface area contributed by atoms with Gasteiger partial charge in [0.1, 0.15) is 0 Å². The summed E-state index contributed by atoms with van der Waals surface area (Å²) < 4.78 is 24.2. The third kappa shape index (κ3) is 2.01. The minimum Gasteiger partial charge on any atom is -0.393 e. The fourth-order valence-electron chi connectivity index (χ4n) is 2.30. The summed E-state index contributed by atoms with van der Waals surface area (Å²) >= 11 is 0. The van der Waals surface area contributed by atoms with Crippen molar-refractivity contribution in [2.45, 2.75) is 44.2 Å². The molecule has 1 saturated heterocycles. The molecule has 1 aliphatic heterocycles. The van der Waals surface area contributed by atoms with Gasteiger partial charge in [0.25, 0.3) is 0 Å². The van der Waals surface area contributed by atoms with E-state index >= 15 is 0 Å². The molecule has 5 nitrogen and oxygen atoms in total. The van der Waals surface area contributed by atoms with Gasteiger partial charge in [0.05, 0.1) is 11.9 Å². The molecule has 1 heterocycles. The van der Waals surface area contributed by atoms with Crippen molar-refractivity contribution in [1.29, 1.82) is 0 Å². The molecular weight excluding hydrogens is 218 g/mol. The van der Waals surface area contributed by atoms with Crippen molar-refractivity contribution >= 4 is 15.9 Å². The number of sulfonamides is 1. The molecule has 2 fully saturated rings. The molecule has 1 N–H and O–H groups in total. The molecular formula is C9H15NO4S. The molecule has 0 radical (unpaired) electrons. The Labute approximate surface area is 89.1 Å². The van der Waals surface area contributed by atoms with Crippen LogP contribution in [0.25, 0.3) is 0 Å². The molecule has 0 atom stereocenters. The van der Waals surface area contributed by atoms with E-state index in [1.54, 1.807) is 0 Å². The average Bonchev–Trinajstić information content (AvgIpc) is 2.43. The van der Waals surface area contributed by atoms with E-state index in [2.05, 4.69) is 0 Å². The lowest BCUT2D eigenvalue weighted by Crippen LogP contribution is -2.42. The van der Waals surface area contributed by atoms with Crippen LogP contribution >= 0.6 is 0 Å². The second-order valence-electron chi connectivity index (χ2n) is 4.22. The maximum Gasteiger partial charge on any atom is 0.238 e. The van der Waals surface area contributed by atoms with Crippen LogP contribution < -0.4 is 0 Å². The Morgan fingerprint density at radius 2 is 1.80 bits per heavy atom. The first-order valence-corrected chi connectivity index (χ1v) is 6.84. The molecule has 0 bridgehead atoms. The highest BCUT2D eigenvalue weighted by Crippen LogP contribution is 2.28. The molecule has 15 heavy (non-hydrogen) atoms. The van der Waals surface area contributed by atoms with Crippen molar-refractivity contribution in [2.75, 3.05) is 5.75 Å². The summed E-state index contributed by atoms with van der Waals surface area (Å²) in [6.07, 6.45) is 2.13. The number of hydrogen-bond donors (Lipinski definition) is 1. The van der Waals surface area contributed by atoms with Gasteiger partial charge in [0.15, 0.2) is 0 Å². The van der Waals surface area contributed by atoms with Crippen LogP contribution in [-0.2, 0) is 14.8 Å². The number of amides is 1. The normalized spacial score (nSPS) is 35.8. The highest BCUT2D eigenvalue weighted by atomic mass is 32.2. The molecule has 1 saturated carbocycles. The molecule has 1 amide bonds. The number of aliphatic hydroxyl groups excluding tert-OH is 1. The monoisotopic (exact) mass is 233 g/mol. The highest BCUT2D eigenvalue weighted by molar-refractivity contribution is 7.90. The summed E-state index contributed by atoms with van der Waals surface area (Å²) in [4.78, 5) is 11.5. The van der Waals surface area contributed by atoms with Gasteiger partial charge >= 0.3 is 0 Å². The van der Waals surface area contributed by atoms with Crippen molar-refractivity contribution in [2.24, 2.45) is 0 Å². The van der Waals surface area contributed by atoms with Crippen molar-refractivity contribution < 1.29 is 18.3 Å². The van der Waals surface area contributed by atoms with Crippen LogP contribution in [0.5, 0.6) is 0 Å². The third-order valence-corrected chi connectivity index (χ3v) is 4.94. The summed E-state index contributed by atoms with van der Waals surface area (Å²) in [7, 11) is -3.35. The summed E-state index contributed by atoms with van der Waals surface area (Å²) in [5.74, 6) is -0.332. The maximum absolute atomic E-state index is 11.6. The zero-order chi connectivity index (χ0) is 11.1. The van der Waals surface area contributed by atoms with E-state index in [4.69, 9.17) is 0 Å². The number of carbonyl (C=O) groups excluding carboxylic acids is 1. The van der Waals surface area contributed by atoms with Crippen molar-refractivity contribution in [3.8, 4) is 0 Å². The van der Waals surface area contributed by atoms with Crippen molar-refractivity contribution in [3.63, 3.8) is 0 Å². The molecule has 0 spiro atoms. The summed E-state index contributed by atoms with van der Waals surface area (Å²) in [5, 5.41) is 9.31. The average molecular weight is 233 g/mol. The zero-order valence-corrected chi connectivity index (χ0v) is 9.24. The first-order valence-electron chi connectivity index (χ1n) is 5.24. The molecule has 2 aliphatic rings. The topological polar surface area (TPSA) is 74.7 Å². The Balaban J connectivity index is 2.13. The predicted octanol–water partition coefficient (Wildman–Crippen LogP) is -0.148. The highest BCUT2D eigenvalue weighted by Gasteiger charge is 2.40. The number of aliphatic hydroxyl groups is 1. The Bertz CT molecular complexity index is 356. The first kappa shape index (κ1) is 10.9. The van der Waals surface area contributed by atoms with Gasteiger partial charge < -0.3 is 5.11 Å². The van der Waals surface area contributed by atoms with Gasteiger partial charge in [-0.1, -0.05) is 0 Å². The molecule has 0 aromatic carbocycles. The minimum absolute atomic E-state index is 0.0507. The van der Waals surface area contributed by atoms with Crippen LogP contribution in [0.1, 0.15) is 32.1 Å². The fraction of sp³-hybridized carbons (Fsp3) is 0.889. The third-order valence-electron chi connectivity index (χ3n) is 3.12. The van der Waals surface area contributed by atoms with E-state index in [0.29, 0.717) is 25.7 Å². The maximum atomic E-state index is 11.6. The van der Waals surface area contributed by atoms with Crippen LogP contribution in [-0.4, -0.2) is 41.6 Å². The van der Waals surface area contributed by atoms with Gasteiger partial charge in [0, 0.05) is 12.5 Å². The Kier molecular flexibility index (Phi) is 2.72. The van der Waals surface area contributed by atoms with Crippen LogP contribution in [0.2, 0.25) is 0 Å². The summed E-state index contributed by atoms with van der Waals surface area (Å²) in [6.45, 7) is 0. The molecule has 0 aromatic heterocycles. The van der Waals surface area contributed by atoms with E-state index in [1.807, 2.05) is 0 Å². The largest absolute Gasteiger partial charge is 0.393 e. The number of nitrogens with zero attached hydrogens (tertiary/aromatic N) is 1. The van der Waals surface area contributed by atoms with E-state index < -0.39 is 10.0 Å². The van der Waals surface area contributed by atoms with Crippen molar-refractivity contribution in [1.82, 2.24) is 4.31 Å². The smallest absolute Gasteiger partial charge is 0.238 e. The Morgan fingerprint density at radius 1 is 1.20 bits per heavy atom. The minimum atomic E-state index is -3.35. The molecule has 6 heteroatoms. The number of rotatable bonds is 1. The van der Waals surface area contributed by atoms with Gasteiger partial charge in [-0.3, -0.25) is 4.79 Å². The molecule has 0 aromatic rings. The first-order chi connectivity index (χ1) is 7.00. The quantitative estimate of drug-likeness (QED) is 0.683. The molecule has 0 unspecified atom stereocenters. The lowest BCUT2D eigenvalue weighted by atomic mass is 9.93. The van der Waals surface area contributed by atoms with E-state index in [9.17, 15) is 18.3 Å². The fourth-order valence-corrected chi connectivity index (χ4v) is 4.00. The Morgan fingerprint density at radius 3 is 2.27 bits per heavy atom. The van der Waals surface area contributed by atoms with E-state index in [1.165, 1.54) is 0 Å². The second-order valence-corrected chi connectivity index (χ2v) is 6.18. The lowest BCUT2D eigenvalue weighted by molar-refractivity contribution is -0.127. The second kappa shape index (κ2) is 3.75. The van der Waals surface area contributed by atoms with Gasteiger partial charge in [0.2, 0.25) is 15.9 Å². The molecule has 86 valence electrons. The Hall–Kier alpha value is -0.620. The summed E-state index contributed by atoms with van der Waals surface area (Å²) in [5.41, 5.74) is 0. The predicted molar refractivity (Wildman–Crippen MR) is 53.5 cm³/mol. The van der Waals surface area contributed by atoms with Crippen LogP contribution in [0.15, 0.2) is 0 Å².